The van der Waals surface area contributed by atoms with Crippen molar-refractivity contribution in [2.75, 3.05) is 25.5 Å². The molecule has 0 spiro atoms. The first-order valence-electron chi connectivity index (χ1n) is 6.39. The van der Waals surface area contributed by atoms with Gasteiger partial charge < -0.3 is 15.0 Å². The highest BCUT2D eigenvalue weighted by Crippen LogP contribution is 2.30. The lowest BCUT2D eigenvalue weighted by atomic mass is 10.1. The van der Waals surface area contributed by atoms with E-state index in [4.69, 9.17) is 4.74 Å². The van der Waals surface area contributed by atoms with Gasteiger partial charge in [0.1, 0.15) is 5.75 Å². The van der Waals surface area contributed by atoms with Gasteiger partial charge in [0, 0.05) is 6.54 Å². The largest absolute Gasteiger partial charge is 0.479 e. The molecule has 1 aliphatic heterocycles. The first-order chi connectivity index (χ1) is 8.60. The van der Waals surface area contributed by atoms with Crippen LogP contribution in [0.4, 0.5) is 5.69 Å². The molecule has 1 amide bonds. The molecule has 0 radical (unpaired) electrons. The fourth-order valence-corrected chi connectivity index (χ4v) is 1.89. The monoisotopic (exact) mass is 248 g/mol. The fourth-order valence-electron chi connectivity index (χ4n) is 1.89. The molecule has 4 heteroatoms. The summed E-state index contributed by atoms with van der Waals surface area (Å²) in [6.07, 6.45) is 0.567. The van der Waals surface area contributed by atoms with E-state index in [-0.39, 0.29) is 5.91 Å². The van der Waals surface area contributed by atoms with E-state index in [0.29, 0.717) is 0 Å². The normalized spacial score (nSPS) is 18.2. The second-order valence-electron chi connectivity index (χ2n) is 4.73. The summed E-state index contributed by atoms with van der Waals surface area (Å²) in [7, 11) is 2.10. The van der Waals surface area contributed by atoms with Crippen LogP contribution < -0.4 is 10.1 Å². The van der Waals surface area contributed by atoms with E-state index in [1.165, 1.54) is 5.56 Å². The summed E-state index contributed by atoms with van der Waals surface area (Å²) >= 11 is 0. The molecule has 0 aromatic heterocycles. The van der Waals surface area contributed by atoms with Crippen molar-refractivity contribution in [3.8, 4) is 5.75 Å². The number of benzene rings is 1. The Morgan fingerprint density at radius 1 is 1.44 bits per heavy atom. The molecule has 0 saturated carbocycles. The number of carbonyl (C=O) groups excluding carboxylic acids is 1. The van der Waals surface area contributed by atoms with E-state index < -0.39 is 6.10 Å². The summed E-state index contributed by atoms with van der Waals surface area (Å²) in [5, 5.41) is 2.87. The molecule has 0 fully saturated rings. The van der Waals surface area contributed by atoms with Gasteiger partial charge in [-0.2, -0.15) is 0 Å². The topological polar surface area (TPSA) is 41.6 Å². The number of carbonyl (C=O) groups is 1. The summed E-state index contributed by atoms with van der Waals surface area (Å²) in [5.74, 6) is 0.681. The summed E-state index contributed by atoms with van der Waals surface area (Å²) in [6, 6.07) is 6.00. The Bertz CT molecular complexity index is 445. The highest BCUT2D eigenvalue weighted by atomic mass is 16.5. The lowest BCUT2D eigenvalue weighted by Crippen LogP contribution is -2.34. The Kier molecular flexibility index (Phi) is 3.87. The molecule has 98 valence electrons. The minimum atomic E-state index is -0.408. The van der Waals surface area contributed by atoms with Gasteiger partial charge in [-0.05, 0) is 44.6 Å². The van der Waals surface area contributed by atoms with Crippen molar-refractivity contribution >= 4 is 11.6 Å². The number of nitrogens with one attached hydrogen (secondary N) is 1. The molecule has 1 unspecified atom stereocenters. The first kappa shape index (κ1) is 12.9. The molecule has 0 aliphatic carbocycles. The van der Waals surface area contributed by atoms with Crippen molar-refractivity contribution in [3.05, 3.63) is 23.8 Å². The Labute approximate surface area is 108 Å². The van der Waals surface area contributed by atoms with Crippen molar-refractivity contribution in [2.24, 2.45) is 0 Å². The number of nitrogens with zero attached hydrogens (tertiary/aromatic N) is 1. The zero-order valence-corrected chi connectivity index (χ0v) is 11.2. The van der Waals surface area contributed by atoms with Gasteiger partial charge in [-0.25, -0.2) is 0 Å². The van der Waals surface area contributed by atoms with Crippen molar-refractivity contribution in [3.63, 3.8) is 0 Å². The second-order valence-corrected chi connectivity index (χ2v) is 4.73. The van der Waals surface area contributed by atoms with Gasteiger partial charge in [-0.3, -0.25) is 4.79 Å². The van der Waals surface area contributed by atoms with E-state index in [1.54, 1.807) is 6.92 Å². The number of hydrogen-bond donors (Lipinski definition) is 1. The van der Waals surface area contributed by atoms with Crippen molar-refractivity contribution in [2.45, 2.75) is 26.4 Å². The van der Waals surface area contributed by atoms with E-state index in [9.17, 15) is 4.79 Å². The van der Waals surface area contributed by atoms with Crippen LogP contribution in [0.2, 0.25) is 0 Å². The van der Waals surface area contributed by atoms with Crippen molar-refractivity contribution < 1.29 is 9.53 Å². The highest BCUT2D eigenvalue weighted by molar-refractivity contribution is 5.97. The Morgan fingerprint density at radius 3 is 2.94 bits per heavy atom. The number of amides is 1. The van der Waals surface area contributed by atoms with Crippen LogP contribution in [0.25, 0.3) is 0 Å². The van der Waals surface area contributed by atoms with Crippen LogP contribution in [0.5, 0.6) is 5.75 Å². The molecule has 1 aromatic carbocycles. The summed E-state index contributed by atoms with van der Waals surface area (Å²) in [5.41, 5.74) is 2.00. The van der Waals surface area contributed by atoms with Gasteiger partial charge in [0.15, 0.2) is 6.10 Å². The van der Waals surface area contributed by atoms with Crippen LogP contribution >= 0.6 is 0 Å². The second kappa shape index (κ2) is 5.40. The van der Waals surface area contributed by atoms with Crippen LogP contribution in [0.3, 0.4) is 0 Å². The Morgan fingerprint density at radius 2 is 2.22 bits per heavy atom. The number of fused-ring (bicyclic) bond motifs is 1. The smallest absolute Gasteiger partial charge is 0.265 e. The maximum absolute atomic E-state index is 11.5. The summed E-state index contributed by atoms with van der Waals surface area (Å²) < 4.78 is 5.52. The van der Waals surface area contributed by atoms with Gasteiger partial charge in [0.05, 0.1) is 5.69 Å². The average molecular weight is 248 g/mol. The van der Waals surface area contributed by atoms with Crippen LogP contribution in [-0.4, -0.2) is 37.0 Å². The van der Waals surface area contributed by atoms with Gasteiger partial charge in [0.25, 0.3) is 5.91 Å². The maximum Gasteiger partial charge on any atom is 0.265 e. The van der Waals surface area contributed by atoms with Crippen LogP contribution in [-0.2, 0) is 11.2 Å². The third-order valence-corrected chi connectivity index (χ3v) is 3.30. The molecule has 1 aromatic rings. The number of hydrogen-bond acceptors (Lipinski definition) is 3. The molecule has 1 aliphatic rings. The third-order valence-electron chi connectivity index (χ3n) is 3.30. The molecule has 0 saturated heterocycles. The number of ether oxygens (including phenoxy) is 1. The van der Waals surface area contributed by atoms with E-state index in [1.807, 2.05) is 12.1 Å². The standard InChI is InChI=1S/C14H20N2O2/c1-4-16(3)8-7-11-5-6-13-12(9-11)15-14(17)10(2)18-13/h5-6,9-10H,4,7-8H2,1-3H3,(H,15,17). The van der Waals surface area contributed by atoms with E-state index in [0.717, 1.165) is 30.9 Å². The van der Waals surface area contributed by atoms with Gasteiger partial charge in [-0.15, -0.1) is 0 Å². The van der Waals surface area contributed by atoms with Crippen molar-refractivity contribution in [1.29, 1.82) is 0 Å². The van der Waals surface area contributed by atoms with Crippen LogP contribution in [0, 0.1) is 0 Å². The molecule has 0 bridgehead atoms. The molecular formula is C14H20N2O2. The lowest BCUT2D eigenvalue weighted by molar-refractivity contribution is -0.122. The highest BCUT2D eigenvalue weighted by Gasteiger charge is 2.23. The van der Waals surface area contributed by atoms with Gasteiger partial charge in [-0.1, -0.05) is 13.0 Å². The molecule has 1 atom stereocenters. The van der Waals surface area contributed by atoms with E-state index in [2.05, 4.69) is 30.3 Å². The fraction of sp³-hybridized carbons (Fsp3) is 0.500. The molecule has 1 heterocycles. The first-order valence-corrected chi connectivity index (χ1v) is 6.39. The lowest BCUT2D eigenvalue weighted by Gasteiger charge is -2.24. The molecule has 2 rings (SSSR count). The number of likely N-dealkylation sites (N-methyl/N-ethyl adjacent to an activating group) is 1. The summed E-state index contributed by atoms with van der Waals surface area (Å²) in [6.45, 7) is 5.95. The predicted octanol–water partition coefficient (Wildman–Crippen LogP) is 1.90. The maximum atomic E-state index is 11.5. The zero-order valence-electron chi connectivity index (χ0n) is 11.2. The Hall–Kier alpha value is -1.55. The van der Waals surface area contributed by atoms with Crippen LogP contribution in [0.15, 0.2) is 18.2 Å². The SMILES string of the molecule is CCN(C)CCc1ccc2c(c1)NC(=O)C(C)O2. The molecular weight excluding hydrogens is 228 g/mol. The quantitative estimate of drug-likeness (QED) is 0.885. The predicted molar refractivity (Wildman–Crippen MR) is 72.0 cm³/mol. The molecule has 18 heavy (non-hydrogen) atoms. The van der Waals surface area contributed by atoms with Gasteiger partial charge >= 0.3 is 0 Å². The Balaban J connectivity index is 2.08. The molecule has 4 nitrogen and oxygen atoms in total. The van der Waals surface area contributed by atoms with Gasteiger partial charge in [0.2, 0.25) is 0 Å². The number of rotatable bonds is 4. The number of anilines is 1. The minimum absolute atomic E-state index is 0.0784. The van der Waals surface area contributed by atoms with E-state index >= 15 is 0 Å². The van der Waals surface area contributed by atoms with Crippen LogP contribution in [0.1, 0.15) is 19.4 Å². The minimum Gasteiger partial charge on any atom is -0.479 e. The zero-order chi connectivity index (χ0) is 13.1. The average Bonchev–Trinajstić information content (AvgIpc) is 2.37. The summed E-state index contributed by atoms with van der Waals surface area (Å²) in [4.78, 5) is 13.8. The third kappa shape index (κ3) is 2.82. The van der Waals surface area contributed by atoms with Crippen molar-refractivity contribution in [1.82, 2.24) is 4.90 Å². The molecule has 1 N–H and O–H groups in total.